The average Bonchev–Trinajstić information content (AvgIpc) is 3.47. The Bertz CT molecular complexity index is 1080. The molecule has 8 heteroatoms. The fraction of sp³-hybridized carbons (Fsp3) is 0.348. The summed E-state index contributed by atoms with van der Waals surface area (Å²) in [6, 6.07) is 16.1. The second-order valence-corrected chi connectivity index (χ2v) is 8.19. The molecule has 3 heterocycles. The van der Waals surface area contributed by atoms with Crippen molar-refractivity contribution in [1.82, 2.24) is 25.6 Å². The van der Waals surface area contributed by atoms with Crippen molar-refractivity contribution in [3.8, 4) is 5.75 Å². The first-order valence-corrected chi connectivity index (χ1v) is 10.5. The van der Waals surface area contributed by atoms with Crippen LogP contribution in [0.5, 0.6) is 5.75 Å². The van der Waals surface area contributed by atoms with E-state index in [-0.39, 0.29) is 24.0 Å². The van der Waals surface area contributed by atoms with Gasteiger partial charge in [-0.1, -0.05) is 35.5 Å². The van der Waals surface area contributed by atoms with Crippen LogP contribution in [0.3, 0.4) is 0 Å². The van der Waals surface area contributed by atoms with Crippen LogP contribution in [0.2, 0.25) is 0 Å². The highest BCUT2D eigenvalue weighted by molar-refractivity contribution is 5.75. The van der Waals surface area contributed by atoms with E-state index >= 15 is 0 Å². The first kappa shape index (κ1) is 19.6. The van der Waals surface area contributed by atoms with Crippen molar-refractivity contribution in [3.63, 3.8) is 0 Å². The summed E-state index contributed by atoms with van der Waals surface area (Å²) in [5.41, 5.74) is 4.39. The second-order valence-electron chi connectivity index (χ2n) is 8.19. The molecule has 0 bridgehead atoms. The number of nitrogens with one attached hydrogen (secondary N) is 3. The third kappa shape index (κ3) is 3.74. The van der Waals surface area contributed by atoms with Crippen molar-refractivity contribution >= 4 is 11.6 Å². The zero-order valence-corrected chi connectivity index (χ0v) is 17.5. The highest BCUT2D eigenvalue weighted by atomic mass is 16.5. The van der Waals surface area contributed by atoms with Crippen molar-refractivity contribution < 1.29 is 9.53 Å². The number of anilines is 1. The lowest BCUT2D eigenvalue weighted by molar-refractivity contribution is -0.122. The van der Waals surface area contributed by atoms with Crippen LogP contribution in [0.25, 0.3) is 0 Å². The van der Waals surface area contributed by atoms with Gasteiger partial charge in [-0.3, -0.25) is 10.1 Å². The summed E-state index contributed by atoms with van der Waals surface area (Å²) in [5, 5.41) is 18.6. The van der Waals surface area contributed by atoms with E-state index in [1.54, 1.807) is 11.8 Å². The van der Waals surface area contributed by atoms with E-state index in [1.807, 2.05) is 30.5 Å². The number of aromatic nitrogens is 3. The monoisotopic (exact) mass is 418 g/mol. The molecule has 0 aliphatic carbocycles. The number of ether oxygens (including phenoxy) is 1. The zero-order valence-electron chi connectivity index (χ0n) is 17.5. The number of benzene rings is 2. The second kappa shape index (κ2) is 8.03. The minimum absolute atomic E-state index is 0.0336. The zero-order chi connectivity index (χ0) is 21.3. The maximum atomic E-state index is 12.4. The van der Waals surface area contributed by atoms with E-state index < -0.39 is 0 Å². The van der Waals surface area contributed by atoms with Crippen LogP contribution in [0.15, 0.2) is 54.7 Å². The molecule has 1 amide bonds. The molecule has 1 fully saturated rings. The van der Waals surface area contributed by atoms with E-state index in [1.165, 1.54) is 11.3 Å². The number of amides is 1. The van der Waals surface area contributed by atoms with Gasteiger partial charge in [-0.2, -0.15) is 0 Å². The van der Waals surface area contributed by atoms with Crippen molar-refractivity contribution in [2.45, 2.75) is 37.5 Å². The minimum Gasteiger partial charge on any atom is -0.497 e. The van der Waals surface area contributed by atoms with Crippen LogP contribution in [-0.2, 0) is 29.7 Å². The van der Waals surface area contributed by atoms with Gasteiger partial charge in [-0.25, -0.2) is 4.68 Å². The SMILES string of the molecule is COc1ccc(CNC(=O)Cn2cc(C[C@@]34CCN[C@@H]3Nc3ccccc34)nn2)cc1. The predicted octanol–water partition coefficient (Wildman–Crippen LogP) is 1.83. The van der Waals surface area contributed by atoms with Crippen LogP contribution >= 0.6 is 0 Å². The predicted molar refractivity (Wildman–Crippen MR) is 117 cm³/mol. The molecule has 0 radical (unpaired) electrons. The van der Waals surface area contributed by atoms with Gasteiger partial charge >= 0.3 is 0 Å². The number of carbonyl (C=O) groups is 1. The average molecular weight is 419 g/mol. The van der Waals surface area contributed by atoms with Gasteiger partial charge < -0.3 is 15.4 Å². The van der Waals surface area contributed by atoms with E-state index in [0.717, 1.165) is 36.4 Å². The summed E-state index contributed by atoms with van der Waals surface area (Å²) in [6.45, 7) is 1.57. The Labute approximate surface area is 181 Å². The van der Waals surface area contributed by atoms with Crippen LogP contribution in [0.4, 0.5) is 5.69 Å². The van der Waals surface area contributed by atoms with Crippen LogP contribution in [0, 0.1) is 0 Å². The van der Waals surface area contributed by atoms with Crippen molar-refractivity contribution in [2.24, 2.45) is 0 Å². The third-order valence-electron chi connectivity index (χ3n) is 6.27. The molecule has 2 atom stereocenters. The Balaban J connectivity index is 1.22. The molecule has 0 unspecified atom stereocenters. The molecule has 160 valence electrons. The summed E-state index contributed by atoms with van der Waals surface area (Å²) in [7, 11) is 1.63. The van der Waals surface area contributed by atoms with Crippen LogP contribution < -0.4 is 20.7 Å². The lowest BCUT2D eigenvalue weighted by Gasteiger charge is -2.28. The Morgan fingerprint density at radius 2 is 2.10 bits per heavy atom. The Morgan fingerprint density at radius 3 is 2.94 bits per heavy atom. The Hall–Kier alpha value is -3.39. The van der Waals surface area contributed by atoms with Crippen LogP contribution in [-0.4, -0.2) is 40.7 Å². The minimum atomic E-state index is -0.0984. The summed E-state index contributed by atoms with van der Waals surface area (Å²) in [6.07, 6.45) is 3.90. The van der Waals surface area contributed by atoms with Gasteiger partial charge in [0.1, 0.15) is 12.3 Å². The number of nitrogens with zero attached hydrogens (tertiary/aromatic N) is 3. The molecule has 1 aromatic heterocycles. The number of para-hydroxylation sites is 1. The molecule has 3 N–H and O–H groups in total. The number of hydrogen-bond acceptors (Lipinski definition) is 6. The molecule has 1 saturated heterocycles. The van der Waals surface area contributed by atoms with E-state index in [2.05, 4.69) is 50.5 Å². The fourth-order valence-corrected chi connectivity index (χ4v) is 4.71. The van der Waals surface area contributed by atoms with E-state index in [4.69, 9.17) is 4.74 Å². The van der Waals surface area contributed by atoms with Gasteiger partial charge in [0.2, 0.25) is 5.91 Å². The van der Waals surface area contributed by atoms with Gasteiger partial charge in [0, 0.05) is 30.3 Å². The normalized spacial score (nSPS) is 21.3. The summed E-state index contributed by atoms with van der Waals surface area (Å²) in [5.74, 6) is 0.697. The number of fused-ring (bicyclic) bond motifs is 3. The highest BCUT2D eigenvalue weighted by Crippen LogP contribution is 2.47. The van der Waals surface area contributed by atoms with E-state index in [9.17, 15) is 4.79 Å². The lowest BCUT2D eigenvalue weighted by Crippen LogP contribution is -2.42. The number of rotatable bonds is 7. The van der Waals surface area contributed by atoms with Gasteiger partial charge in [-0.15, -0.1) is 5.10 Å². The Kier molecular flexibility index (Phi) is 5.07. The lowest BCUT2D eigenvalue weighted by atomic mass is 9.76. The van der Waals surface area contributed by atoms with Crippen LogP contribution in [0.1, 0.15) is 23.2 Å². The van der Waals surface area contributed by atoms with Gasteiger partial charge in [0.25, 0.3) is 0 Å². The summed E-state index contributed by atoms with van der Waals surface area (Å²) in [4.78, 5) is 12.4. The molecule has 8 nitrogen and oxygen atoms in total. The molecule has 2 aliphatic rings. The smallest absolute Gasteiger partial charge is 0.242 e. The molecular formula is C23H26N6O2. The maximum absolute atomic E-state index is 12.4. The fourth-order valence-electron chi connectivity index (χ4n) is 4.71. The van der Waals surface area contributed by atoms with Crippen molar-refractivity contribution in [3.05, 3.63) is 71.5 Å². The molecule has 0 saturated carbocycles. The van der Waals surface area contributed by atoms with Gasteiger partial charge in [0.05, 0.1) is 19.0 Å². The summed E-state index contributed by atoms with van der Waals surface area (Å²) >= 11 is 0. The number of hydrogen-bond donors (Lipinski definition) is 3. The molecule has 2 aromatic carbocycles. The Morgan fingerprint density at radius 1 is 1.26 bits per heavy atom. The third-order valence-corrected chi connectivity index (χ3v) is 6.27. The van der Waals surface area contributed by atoms with Gasteiger partial charge in [0.15, 0.2) is 0 Å². The number of carbonyl (C=O) groups excluding carboxylic acids is 1. The summed E-state index contributed by atoms with van der Waals surface area (Å²) < 4.78 is 6.77. The van der Waals surface area contributed by atoms with Gasteiger partial charge in [-0.05, 0) is 42.3 Å². The molecule has 2 aliphatic heterocycles. The molecule has 31 heavy (non-hydrogen) atoms. The molecule has 5 rings (SSSR count). The standard InChI is InChI=1S/C23H26N6O2/c1-31-18-8-6-16(7-9-18)13-25-21(30)15-29-14-17(27-28-29)12-23-10-11-24-22(23)26-20-5-3-2-4-19(20)23/h2-9,14,22,24,26H,10-13,15H2,1H3,(H,25,30)/t22-,23-/m1/s1. The molecular weight excluding hydrogens is 392 g/mol. The topological polar surface area (TPSA) is 93.1 Å². The number of methoxy groups -OCH3 is 1. The first-order valence-electron chi connectivity index (χ1n) is 10.5. The molecule has 0 spiro atoms. The highest BCUT2D eigenvalue weighted by Gasteiger charge is 2.50. The molecule has 3 aromatic rings. The van der Waals surface area contributed by atoms with Crippen molar-refractivity contribution in [1.29, 1.82) is 0 Å². The first-order chi connectivity index (χ1) is 15.2. The maximum Gasteiger partial charge on any atom is 0.242 e. The quantitative estimate of drug-likeness (QED) is 0.542. The van der Waals surface area contributed by atoms with E-state index in [0.29, 0.717) is 6.54 Å². The largest absolute Gasteiger partial charge is 0.497 e. The van der Waals surface area contributed by atoms with Crippen molar-refractivity contribution in [2.75, 3.05) is 19.0 Å².